The number of halogens is 1. The second kappa shape index (κ2) is 14.7. The predicted molar refractivity (Wildman–Crippen MR) is 262 cm³/mol. The van der Waals surface area contributed by atoms with E-state index < -0.39 is 0 Å². The van der Waals surface area contributed by atoms with Crippen LogP contribution in [0.15, 0.2) is 224 Å². The predicted octanol–water partition coefficient (Wildman–Crippen LogP) is 16.9. The van der Waals surface area contributed by atoms with Crippen molar-refractivity contribution in [3.8, 4) is 39.1 Å². The van der Waals surface area contributed by atoms with Gasteiger partial charge in [0, 0.05) is 53.6 Å². The van der Waals surface area contributed by atoms with Crippen molar-refractivity contribution in [1.82, 2.24) is 4.57 Å². The van der Waals surface area contributed by atoms with Gasteiger partial charge in [0.25, 0.3) is 0 Å². The smallest absolute Gasteiger partial charge is 0.125 e. The molecule has 0 radical (unpaired) electrons. The number of para-hydroxylation sites is 2. The molecule has 0 bridgehead atoms. The van der Waals surface area contributed by atoms with E-state index in [1.54, 1.807) is 12.1 Å². The summed E-state index contributed by atoms with van der Waals surface area (Å²) in [6, 6.07) is 79.0. The van der Waals surface area contributed by atoms with Crippen molar-refractivity contribution in [2.75, 3.05) is 4.90 Å². The van der Waals surface area contributed by atoms with Crippen LogP contribution in [0.25, 0.3) is 91.8 Å². The van der Waals surface area contributed by atoms with E-state index >= 15 is 0 Å². The lowest BCUT2D eigenvalue weighted by Crippen LogP contribution is -2.11. The van der Waals surface area contributed by atoms with Crippen molar-refractivity contribution in [3.63, 3.8) is 0 Å². The first-order chi connectivity index (χ1) is 30.7. The third-order valence-electron chi connectivity index (χ3n) is 12.3. The van der Waals surface area contributed by atoms with Crippen LogP contribution in [-0.2, 0) is 0 Å². The molecule has 0 unspecified atom stereocenters. The van der Waals surface area contributed by atoms with E-state index in [2.05, 4.69) is 204 Å². The molecule has 4 heteroatoms. The Kier molecular flexibility index (Phi) is 8.58. The van der Waals surface area contributed by atoms with Crippen molar-refractivity contribution < 1.29 is 4.39 Å². The highest BCUT2D eigenvalue weighted by molar-refractivity contribution is 7.26. The molecule has 0 amide bonds. The molecule has 12 aromatic rings. The monoisotopic (exact) mass is 812 g/mol. The molecule has 0 spiro atoms. The first-order valence-electron chi connectivity index (χ1n) is 20.9. The Morgan fingerprint density at radius 3 is 1.85 bits per heavy atom. The lowest BCUT2D eigenvalue weighted by atomic mass is 9.95. The van der Waals surface area contributed by atoms with Gasteiger partial charge in [0.15, 0.2) is 0 Å². The van der Waals surface area contributed by atoms with Crippen LogP contribution in [0.1, 0.15) is 0 Å². The maximum atomic E-state index is 15.0. The number of hydrogen-bond acceptors (Lipinski definition) is 2. The van der Waals surface area contributed by atoms with E-state index in [1.165, 1.54) is 53.2 Å². The molecule has 0 fully saturated rings. The van der Waals surface area contributed by atoms with Crippen LogP contribution >= 0.6 is 11.3 Å². The molecular formula is C58H37FN2S. The van der Waals surface area contributed by atoms with Crippen LogP contribution < -0.4 is 4.90 Å². The molecule has 0 saturated carbocycles. The van der Waals surface area contributed by atoms with Crippen molar-refractivity contribution in [1.29, 1.82) is 0 Å². The van der Waals surface area contributed by atoms with Crippen LogP contribution in [0.4, 0.5) is 21.5 Å². The Morgan fingerprint density at radius 2 is 0.984 bits per heavy atom. The second-order valence-electron chi connectivity index (χ2n) is 15.8. The summed E-state index contributed by atoms with van der Waals surface area (Å²) in [4.78, 5) is 2.36. The summed E-state index contributed by atoms with van der Waals surface area (Å²) in [6.45, 7) is 0. The summed E-state index contributed by atoms with van der Waals surface area (Å²) in [5.74, 6) is -0.258. The molecule has 0 aliphatic heterocycles. The van der Waals surface area contributed by atoms with E-state index in [4.69, 9.17) is 0 Å². The number of thiophene rings is 1. The van der Waals surface area contributed by atoms with E-state index in [0.29, 0.717) is 0 Å². The fourth-order valence-electron chi connectivity index (χ4n) is 9.40. The molecule has 0 aliphatic rings. The van der Waals surface area contributed by atoms with Gasteiger partial charge in [-0.25, -0.2) is 4.39 Å². The van der Waals surface area contributed by atoms with Crippen LogP contribution in [0.3, 0.4) is 0 Å². The first kappa shape index (κ1) is 36.1. The molecule has 0 aliphatic carbocycles. The van der Waals surface area contributed by atoms with Gasteiger partial charge < -0.3 is 9.47 Å². The number of anilines is 3. The molecule has 2 aromatic heterocycles. The highest BCUT2D eigenvalue weighted by atomic mass is 32.1. The third-order valence-corrected chi connectivity index (χ3v) is 13.5. The Hall–Kier alpha value is -7.79. The number of rotatable bonds is 7. The Morgan fingerprint density at radius 1 is 0.387 bits per heavy atom. The topological polar surface area (TPSA) is 8.17 Å². The van der Waals surface area contributed by atoms with Crippen LogP contribution in [0.5, 0.6) is 0 Å². The Balaban J connectivity index is 1.02. The summed E-state index contributed by atoms with van der Waals surface area (Å²) in [5.41, 5.74) is 12.9. The largest absolute Gasteiger partial charge is 0.310 e. The van der Waals surface area contributed by atoms with Crippen molar-refractivity contribution in [2.24, 2.45) is 0 Å². The third kappa shape index (κ3) is 5.99. The van der Waals surface area contributed by atoms with Gasteiger partial charge in [-0.2, -0.15) is 0 Å². The number of fused-ring (bicyclic) bond motifs is 7. The average Bonchev–Trinajstić information content (AvgIpc) is 3.88. The summed E-state index contributed by atoms with van der Waals surface area (Å²) >= 11 is 1.85. The fraction of sp³-hybridized carbons (Fsp3) is 0. The highest BCUT2D eigenvalue weighted by Gasteiger charge is 2.20. The van der Waals surface area contributed by atoms with E-state index in [-0.39, 0.29) is 5.82 Å². The average molecular weight is 813 g/mol. The minimum Gasteiger partial charge on any atom is -0.310 e. The molecular weight excluding hydrogens is 776 g/mol. The second-order valence-corrected chi connectivity index (χ2v) is 16.9. The standard InChI is InChI=1S/C58H37FN2S/c59-42-32-35-51-50-18-4-7-24-55(50)61(56(51)36-42)45-15-10-14-44(37-45)60(43-33-30-41(31-34-43)49-21-11-22-53-52-19-5-8-25-57(52)62-58(49)53)54-23-6-3-17-48(54)40-28-26-39(27-29-40)47-20-9-13-38-12-1-2-16-46(38)47/h1-37H. The molecule has 0 N–H and O–H groups in total. The number of benzene rings is 10. The fourth-order valence-corrected chi connectivity index (χ4v) is 10.6. The summed E-state index contributed by atoms with van der Waals surface area (Å²) in [7, 11) is 0. The summed E-state index contributed by atoms with van der Waals surface area (Å²) in [5, 5.41) is 7.17. The van der Waals surface area contributed by atoms with E-state index in [0.717, 1.165) is 55.7 Å². The molecule has 0 saturated heterocycles. The van der Waals surface area contributed by atoms with Gasteiger partial charge in [-0.1, -0.05) is 158 Å². The van der Waals surface area contributed by atoms with E-state index in [9.17, 15) is 4.39 Å². The van der Waals surface area contributed by atoms with Crippen LogP contribution in [0, 0.1) is 5.82 Å². The minimum absolute atomic E-state index is 0.258. The Bertz CT molecular complexity index is 3650. The number of nitrogens with zero attached hydrogens (tertiary/aromatic N) is 2. The van der Waals surface area contributed by atoms with Gasteiger partial charge in [0.1, 0.15) is 5.82 Å². The van der Waals surface area contributed by atoms with Crippen molar-refractivity contribution in [3.05, 3.63) is 230 Å². The van der Waals surface area contributed by atoms with Crippen LogP contribution in [0.2, 0.25) is 0 Å². The number of aromatic nitrogens is 1. The zero-order chi connectivity index (χ0) is 41.1. The molecule has 0 atom stereocenters. The zero-order valence-electron chi connectivity index (χ0n) is 33.5. The minimum atomic E-state index is -0.258. The van der Waals surface area contributed by atoms with E-state index in [1.807, 2.05) is 29.5 Å². The highest BCUT2D eigenvalue weighted by Crippen LogP contribution is 2.45. The van der Waals surface area contributed by atoms with Gasteiger partial charge in [-0.15, -0.1) is 11.3 Å². The quantitative estimate of drug-likeness (QED) is 0.156. The molecule has 2 nitrogen and oxygen atoms in total. The van der Waals surface area contributed by atoms with Gasteiger partial charge in [-0.05, 0) is 105 Å². The van der Waals surface area contributed by atoms with Gasteiger partial charge >= 0.3 is 0 Å². The van der Waals surface area contributed by atoms with Gasteiger partial charge in [-0.3, -0.25) is 0 Å². The zero-order valence-corrected chi connectivity index (χ0v) is 34.4. The molecule has 2 heterocycles. The molecule has 62 heavy (non-hydrogen) atoms. The van der Waals surface area contributed by atoms with Gasteiger partial charge in [0.05, 0.1) is 16.7 Å². The maximum absolute atomic E-state index is 15.0. The lowest BCUT2D eigenvalue weighted by Gasteiger charge is -2.28. The maximum Gasteiger partial charge on any atom is 0.125 e. The van der Waals surface area contributed by atoms with Crippen molar-refractivity contribution >= 4 is 81.1 Å². The van der Waals surface area contributed by atoms with Crippen molar-refractivity contribution in [2.45, 2.75) is 0 Å². The lowest BCUT2D eigenvalue weighted by molar-refractivity contribution is 0.629. The van der Waals surface area contributed by atoms with Gasteiger partial charge in [0.2, 0.25) is 0 Å². The van der Waals surface area contributed by atoms with Crippen LogP contribution in [-0.4, -0.2) is 4.57 Å². The normalized spacial score (nSPS) is 11.6. The molecule has 292 valence electrons. The molecule has 12 rings (SSSR count). The first-order valence-corrected chi connectivity index (χ1v) is 21.8. The number of hydrogen-bond donors (Lipinski definition) is 0. The summed E-state index contributed by atoms with van der Waals surface area (Å²) < 4.78 is 19.8. The molecule has 10 aromatic carbocycles. The summed E-state index contributed by atoms with van der Waals surface area (Å²) in [6.07, 6.45) is 0. The SMILES string of the molecule is Fc1ccc2c3ccccc3n(-c3cccc(N(c4ccc(-c5cccc6c5sc5ccccc56)cc4)c4ccccc4-c4ccc(-c5cccc6ccccc56)cc4)c3)c2c1. The Labute approximate surface area is 362 Å².